The highest BCUT2D eigenvalue weighted by Gasteiger charge is 2.35. The van der Waals surface area contributed by atoms with Gasteiger partial charge in [-0.05, 0) is 49.6 Å². The van der Waals surface area contributed by atoms with E-state index < -0.39 is 11.7 Å². The third kappa shape index (κ3) is 5.57. The van der Waals surface area contributed by atoms with Gasteiger partial charge in [0.1, 0.15) is 5.65 Å². The lowest BCUT2D eigenvalue weighted by Gasteiger charge is -2.31. The van der Waals surface area contributed by atoms with Gasteiger partial charge in [0.15, 0.2) is 0 Å². The molecule has 0 unspecified atom stereocenters. The Morgan fingerprint density at radius 2 is 1.87 bits per heavy atom. The first-order chi connectivity index (χ1) is 18.7. The van der Waals surface area contributed by atoms with Gasteiger partial charge in [-0.25, -0.2) is 4.98 Å². The molecular weight excluding hydrogens is 549 g/mol. The van der Waals surface area contributed by atoms with Crippen molar-refractivity contribution >= 4 is 51.7 Å². The number of pyridine rings is 1. The molecule has 12 heteroatoms. The summed E-state index contributed by atoms with van der Waals surface area (Å²) in [6.45, 7) is 4.39. The summed E-state index contributed by atoms with van der Waals surface area (Å²) in [5.41, 5.74) is 0.741. The Bertz CT molecular complexity index is 1590. The van der Waals surface area contributed by atoms with Crippen molar-refractivity contribution in [2.45, 2.75) is 24.5 Å². The molecule has 0 aliphatic carbocycles. The average molecular weight is 575 g/mol. The molecule has 0 saturated carbocycles. The second-order valence-corrected chi connectivity index (χ2v) is 10.3. The highest BCUT2D eigenvalue weighted by Crippen LogP contribution is 2.39. The number of benzene rings is 2. The molecule has 4 aromatic rings. The van der Waals surface area contributed by atoms with Crippen molar-refractivity contribution in [3.63, 3.8) is 0 Å². The normalized spacial score (nSPS) is 14.2. The highest BCUT2D eigenvalue weighted by atomic mass is 35.5. The third-order valence-electron chi connectivity index (χ3n) is 6.63. The molecule has 5 rings (SSSR count). The molecule has 2 aromatic heterocycles. The van der Waals surface area contributed by atoms with Crippen molar-refractivity contribution in [3.05, 3.63) is 69.6 Å². The van der Waals surface area contributed by atoms with E-state index in [0.717, 1.165) is 11.0 Å². The van der Waals surface area contributed by atoms with Crippen LogP contribution in [0.3, 0.4) is 0 Å². The Balaban J connectivity index is 1.52. The van der Waals surface area contributed by atoms with Crippen LogP contribution in [0, 0.1) is 0 Å². The van der Waals surface area contributed by atoms with E-state index in [4.69, 9.17) is 11.6 Å². The van der Waals surface area contributed by atoms with Gasteiger partial charge in [-0.15, -0.1) is 11.8 Å². The van der Waals surface area contributed by atoms with Crippen molar-refractivity contribution in [2.24, 2.45) is 0 Å². The SMILES string of the molecule is CCn1c(=O)c(-c2ccc(SC)cc2Cl)cc2cnc(Nc3ccc(N4CCNCC4)c(C(F)(F)F)c3)nc21. The maximum atomic E-state index is 14.0. The molecule has 2 N–H and O–H groups in total. The van der Waals surface area contributed by atoms with Gasteiger partial charge < -0.3 is 15.5 Å². The Morgan fingerprint density at radius 3 is 2.54 bits per heavy atom. The maximum Gasteiger partial charge on any atom is 0.418 e. The van der Waals surface area contributed by atoms with Crippen molar-refractivity contribution < 1.29 is 13.2 Å². The van der Waals surface area contributed by atoms with Gasteiger partial charge in [0.05, 0.1) is 5.56 Å². The first-order valence-electron chi connectivity index (χ1n) is 12.4. The second kappa shape index (κ2) is 11.1. The van der Waals surface area contributed by atoms with Gasteiger partial charge in [-0.2, -0.15) is 18.2 Å². The molecule has 1 fully saturated rings. The van der Waals surface area contributed by atoms with Crippen LogP contribution in [0.15, 0.2) is 58.4 Å². The topological polar surface area (TPSA) is 75.1 Å². The number of anilines is 3. The largest absolute Gasteiger partial charge is 0.418 e. The van der Waals surface area contributed by atoms with E-state index in [1.165, 1.54) is 10.6 Å². The number of hydrogen-bond acceptors (Lipinski definition) is 7. The molecular formula is C27H26ClF3N6OS. The van der Waals surface area contributed by atoms with E-state index in [1.54, 1.807) is 35.0 Å². The predicted octanol–water partition coefficient (Wildman–Crippen LogP) is 6.03. The molecule has 2 aromatic carbocycles. The van der Waals surface area contributed by atoms with E-state index in [0.29, 0.717) is 59.9 Å². The molecule has 3 heterocycles. The summed E-state index contributed by atoms with van der Waals surface area (Å²) in [5, 5.41) is 7.10. The van der Waals surface area contributed by atoms with Crippen LogP contribution in [0.25, 0.3) is 22.2 Å². The molecule has 204 valence electrons. The molecule has 0 radical (unpaired) electrons. The number of aryl methyl sites for hydroxylation is 1. The van der Waals surface area contributed by atoms with E-state index in [2.05, 4.69) is 20.6 Å². The molecule has 39 heavy (non-hydrogen) atoms. The molecule has 1 aliphatic rings. The lowest BCUT2D eigenvalue weighted by molar-refractivity contribution is -0.137. The predicted molar refractivity (Wildman–Crippen MR) is 152 cm³/mol. The summed E-state index contributed by atoms with van der Waals surface area (Å²) in [7, 11) is 0. The van der Waals surface area contributed by atoms with Gasteiger partial charge >= 0.3 is 6.18 Å². The fourth-order valence-electron chi connectivity index (χ4n) is 4.70. The highest BCUT2D eigenvalue weighted by molar-refractivity contribution is 7.98. The Morgan fingerprint density at radius 1 is 1.10 bits per heavy atom. The van der Waals surface area contributed by atoms with Crippen LogP contribution in [0.1, 0.15) is 12.5 Å². The van der Waals surface area contributed by atoms with Crippen molar-refractivity contribution in [3.8, 4) is 11.1 Å². The number of nitrogens with zero attached hydrogens (tertiary/aromatic N) is 4. The zero-order chi connectivity index (χ0) is 27.7. The van der Waals surface area contributed by atoms with Crippen LogP contribution in [0.5, 0.6) is 0 Å². The first kappa shape index (κ1) is 27.3. The van der Waals surface area contributed by atoms with Crippen molar-refractivity contribution in [2.75, 3.05) is 42.7 Å². The number of fused-ring (bicyclic) bond motifs is 1. The zero-order valence-corrected chi connectivity index (χ0v) is 22.8. The Kier molecular flexibility index (Phi) is 7.75. The molecule has 0 bridgehead atoms. The van der Waals surface area contributed by atoms with Crippen LogP contribution < -0.4 is 21.1 Å². The molecule has 0 amide bonds. The molecule has 7 nitrogen and oxygen atoms in total. The number of alkyl halides is 3. The van der Waals surface area contributed by atoms with Gasteiger partial charge in [-0.3, -0.25) is 9.36 Å². The molecule has 1 aliphatic heterocycles. The summed E-state index contributed by atoms with van der Waals surface area (Å²) in [6, 6.07) is 11.3. The van der Waals surface area contributed by atoms with E-state index in [9.17, 15) is 18.0 Å². The van der Waals surface area contributed by atoms with Crippen LogP contribution in [-0.4, -0.2) is 47.0 Å². The minimum Gasteiger partial charge on any atom is -0.368 e. The van der Waals surface area contributed by atoms with Crippen molar-refractivity contribution in [1.82, 2.24) is 19.9 Å². The van der Waals surface area contributed by atoms with Crippen LogP contribution in [0.4, 0.5) is 30.5 Å². The second-order valence-electron chi connectivity index (χ2n) is 9.02. The van der Waals surface area contributed by atoms with Crippen molar-refractivity contribution in [1.29, 1.82) is 0 Å². The lowest BCUT2D eigenvalue weighted by atomic mass is 10.1. The van der Waals surface area contributed by atoms with Gasteiger partial charge in [-0.1, -0.05) is 17.7 Å². The summed E-state index contributed by atoms with van der Waals surface area (Å²) in [4.78, 5) is 24.9. The maximum absolute atomic E-state index is 14.0. The van der Waals surface area contributed by atoms with E-state index in [-0.39, 0.29) is 22.9 Å². The summed E-state index contributed by atoms with van der Waals surface area (Å²) >= 11 is 8.04. The Labute approximate surface area is 232 Å². The summed E-state index contributed by atoms with van der Waals surface area (Å²) in [6.07, 6.45) is -1.04. The first-order valence-corrected chi connectivity index (χ1v) is 14.0. The number of hydrogen-bond donors (Lipinski definition) is 2. The molecule has 1 saturated heterocycles. The number of piperazine rings is 1. The molecule has 0 atom stereocenters. The van der Waals surface area contributed by atoms with Gasteiger partial charge in [0.2, 0.25) is 5.95 Å². The van der Waals surface area contributed by atoms with Crippen LogP contribution >= 0.6 is 23.4 Å². The minimum atomic E-state index is -4.53. The molecule has 0 spiro atoms. The fourth-order valence-corrected chi connectivity index (χ4v) is 5.49. The van der Waals surface area contributed by atoms with Gasteiger partial charge in [0, 0.05) is 76.7 Å². The Hall–Kier alpha value is -3.28. The average Bonchev–Trinajstić information content (AvgIpc) is 2.93. The number of aromatic nitrogens is 3. The van der Waals surface area contributed by atoms with Crippen LogP contribution in [0.2, 0.25) is 5.02 Å². The summed E-state index contributed by atoms with van der Waals surface area (Å²) in [5.74, 6) is 0.0854. The standard InChI is InChI=1S/C27H26ClF3N6OS/c1-3-37-24-16(12-20(25(37)38)19-6-5-18(39-2)14-22(19)28)15-33-26(35-24)34-17-4-7-23(21(13-17)27(29,30)31)36-10-8-32-9-11-36/h4-7,12-15,32H,3,8-11H2,1-2H3,(H,33,34,35). The number of halogens is 4. The van der Waals surface area contributed by atoms with Gasteiger partial charge in [0.25, 0.3) is 5.56 Å². The smallest absolute Gasteiger partial charge is 0.368 e. The fraction of sp³-hybridized carbons (Fsp3) is 0.296. The van der Waals surface area contributed by atoms with E-state index in [1.807, 2.05) is 31.4 Å². The summed E-state index contributed by atoms with van der Waals surface area (Å²) < 4.78 is 43.4. The zero-order valence-electron chi connectivity index (χ0n) is 21.3. The minimum absolute atomic E-state index is 0.0854. The number of thioether (sulfide) groups is 1. The monoisotopic (exact) mass is 574 g/mol. The van der Waals surface area contributed by atoms with Crippen LogP contribution in [-0.2, 0) is 12.7 Å². The van der Waals surface area contributed by atoms with E-state index >= 15 is 0 Å². The quantitative estimate of drug-likeness (QED) is 0.273. The number of rotatable bonds is 6. The third-order valence-corrected chi connectivity index (χ3v) is 7.66. The lowest BCUT2D eigenvalue weighted by Crippen LogP contribution is -2.44. The number of nitrogens with one attached hydrogen (secondary N) is 2.